The van der Waals surface area contributed by atoms with E-state index in [9.17, 15) is 5.11 Å². The molecule has 5 heteroatoms. The van der Waals surface area contributed by atoms with E-state index in [0.717, 1.165) is 35.4 Å². The molecule has 1 fully saturated rings. The number of hydrogen-bond donors (Lipinski definition) is 2. The lowest BCUT2D eigenvalue weighted by atomic mass is 10.0. The highest BCUT2D eigenvalue weighted by atomic mass is 16.5. The van der Waals surface area contributed by atoms with E-state index in [0.29, 0.717) is 0 Å². The zero-order valence-electron chi connectivity index (χ0n) is 16.2. The molecule has 2 unspecified atom stereocenters. The van der Waals surface area contributed by atoms with E-state index in [4.69, 9.17) is 4.74 Å². The zero-order valence-corrected chi connectivity index (χ0v) is 16.2. The molecule has 0 aliphatic carbocycles. The van der Waals surface area contributed by atoms with Crippen molar-refractivity contribution in [3.63, 3.8) is 0 Å². The van der Waals surface area contributed by atoms with Crippen LogP contribution in [-0.2, 0) is 4.74 Å². The summed E-state index contributed by atoms with van der Waals surface area (Å²) in [7, 11) is 0. The molecule has 6 aromatic rings. The molecule has 0 saturated carbocycles. The fourth-order valence-corrected chi connectivity index (χ4v) is 6.14. The van der Waals surface area contributed by atoms with Crippen molar-refractivity contribution in [3.8, 4) is 5.88 Å². The molecule has 146 valence electrons. The Balaban J connectivity index is 1.83. The Morgan fingerprint density at radius 3 is 2.07 bits per heavy atom. The first-order valence-electron chi connectivity index (χ1n) is 10.7. The van der Waals surface area contributed by atoms with E-state index in [1.165, 1.54) is 38.2 Å². The second kappa shape index (κ2) is 4.99. The molecule has 8 rings (SSSR count). The molecule has 0 amide bonds. The number of hydrogen-bond acceptors (Lipinski definition) is 2. The molecule has 3 aromatic heterocycles. The number of nitrogens with zero attached hydrogens (tertiary/aromatic N) is 2. The van der Waals surface area contributed by atoms with Crippen LogP contribution in [0.25, 0.3) is 54.4 Å². The third-order valence-corrected chi connectivity index (χ3v) is 7.22. The number of aromatic amines is 1. The van der Waals surface area contributed by atoms with Crippen LogP contribution >= 0.6 is 0 Å². The van der Waals surface area contributed by atoms with E-state index in [1.54, 1.807) is 0 Å². The van der Waals surface area contributed by atoms with Gasteiger partial charge in [-0.25, -0.2) is 0 Å². The van der Waals surface area contributed by atoms with Crippen molar-refractivity contribution in [1.29, 1.82) is 0 Å². The lowest BCUT2D eigenvalue weighted by Gasteiger charge is -2.31. The average Bonchev–Trinajstić information content (AvgIpc) is 3.41. The van der Waals surface area contributed by atoms with Gasteiger partial charge in [-0.1, -0.05) is 36.4 Å². The number of benzene rings is 3. The summed E-state index contributed by atoms with van der Waals surface area (Å²) < 4.78 is 11.6. The van der Waals surface area contributed by atoms with Crippen LogP contribution in [0.15, 0.2) is 54.7 Å². The minimum absolute atomic E-state index is 0.00606. The van der Waals surface area contributed by atoms with Crippen LogP contribution < -0.4 is 0 Å². The van der Waals surface area contributed by atoms with Crippen LogP contribution in [0.4, 0.5) is 0 Å². The first-order chi connectivity index (χ1) is 14.8. The Hall–Kier alpha value is -3.44. The van der Waals surface area contributed by atoms with Crippen molar-refractivity contribution in [2.45, 2.75) is 31.7 Å². The summed E-state index contributed by atoms with van der Waals surface area (Å²) >= 11 is 0. The average molecular weight is 393 g/mol. The van der Waals surface area contributed by atoms with Gasteiger partial charge < -0.3 is 24.0 Å². The molecule has 0 radical (unpaired) electrons. The lowest BCUT2D eigenvalue weighted by Crippen LogP contribution is -2.22. The van der Waals surface area contributed by atoms with Crippen molar-refractivity contribution < 1.29 is 9.84 Å². The molecule has 0 spiro atoms. The third-order valence-electron chi connectivity index (χ3n) is 7.22. The maximum Gasteiger partial charge on any atom is 0.197 e. The molecular weight excluding hydrogens is 374 g/mol. The van der Waals surface area contributed by atoms with Gasteiger partial charge in [-0.2, -0.15) is 0 Å². The first-order valence-corrected chi connectivity index (χ1v) is 10.7. The summed E-state index contributed by atoms with van der Waals surface area (Å²) in [6, 6.07) is 17.1. The standard InChI is InChI=1S/C25H19N3O2/c29-25-22-15(12-26-25)20-13-6-1-3-8-16(13)27-18-10-5-11-19(30-18)28-17-9-4-2-7-14(17)21(22)24(28)23(20)27/h1-4,6-9,12,18-19,26,29H,5,10-11H2. The van der Waals surface area contributed by atoms with Gasteiger partial charge in [0.2, 0.25) is 0 Å². The van der Waals surface area contributed by atoms with Crippen molar-refractivity contribution in [2.24, 2.45) is 0 Å². The molecule has 1 saturated heterocycles. The molecule has 2 aliphatic rings. The van der Waals surface area contributed by atoms with Gasteiger partial charge in [-0.05, 0) is 31.4 Å². The highest BCUT2D eigenvalue weighted by molar-refractivity contribution is 6.36. The van der Waals surface area contributed by atoms with Crippen molar-refractivity contribution in [2.75, 3.05) is 0 Å². The SMILES string of the molecule is Oc1[nH]cc2c1c1c3ccccc3n3c1c1c2c2ccccc2n1C1CCCC3O1. The van der Waals surface area contributed by atoms with Gasteiger partial charge in [-0.15, -0.1) is 0 Å². The highest BCUT2D eigenvalue weighted by Gasteiger charge is 2.35. The predicted molar refractivity (Wildman–Crippen MR) is 119 cm³/mol. The van der Waals surface area contributed by atoms with Crippen molar-refractivity contribution in [1.82, 2.24) is 14.1 Å². The Morgan fingerprint density at radius 1 is 0.767 bits per heavy atom. The molecule has 5 heterocycles. The van der Waals surface area contributed by atoms with Crippen LogP contribution in [-0.4, -0.2) is 19.2 Å². The minimum Gasteiger partial charge on any atom is -0.494 e. The lowest BCUT2D eigenvalue weighted by molar-refractivity contribution is -0.115. The summed E-state index contributed by atoms with van der Waals surface area (Å²) in [5, 5.41) is 17.6. The smallest absolute Gasteiger partial charge is 0.197 e. The number of nitrogens with one attached hydrogen (secondary N) is 1. The number of para-hydroxylation sites is 2. The topological polar surface area (TPSA) is 55.1 Å². The van der Waals surface area contributed by atoms with Gasteiger partial charge in [0.1, 0.15) is 12.5 Å². The molecule has 2 bridgehead atoms. The molecule has 3 aromatic carbocycles. The minimum atomic E-state index is 0.00606. The second-order valence-electron chi connectivity index (χ2n) is 8.62. The van der Waals surface area contributed by atoms with Crippen LogP contribution in [0, 0.1) is 0 Å². The fourth-order valence-electron chi connectivity index (χ4n) is 6.14. The zero-order chi connectivity index (χ0) is 19.6. The van der Waals surface area contributed by atoms with Crippen molar-refractivity contribution >= 4 is 54.4 Å². The number of aromatic nitrogens is 3. The second-order valence-corrected chi connectivity index (χ2v) is 8.62. The van der Waals surface area contributed by atoms with E-state index in [1.807, 2.05) is 6.20 Å². The monoisotopic (exact) mass is 393 g/mol. The van der Waals surface area contributed by atoms with Gasteiger partial charge in [-0.3, -0.25) is 0 Å². The van der Waals surface area contributed by atoms with Crippen molar-refractivity contribution in [3.05, 3.63) is 54.7 Å². The fraction of sp³-hybridized carbons (Fsp3) is 0.200. The maximum atomic E-state index is 10.9. The van der Waals surface area contributed by atoms with Gasteiger partial charge >= 0.3 is 0 Å². The molecular formula is C25H19N3O2. The Bertz CT molecular complexity index is 1680. The Kier molecular flexibility index (Phi) is 2.56. The molecule has 2 aliphatic heterocycles. The summed E-state index contributed by atoms with van der Waals surface area (Å²) in [4.78, 5) is 3.10. The Morgan fingerprint density at radius 2 is 1.37 bits per heavy atom. The van der Waals surface area contributed by atoms with E-state index < -0.39 is 0 Å². The highest BCUT2D eigenvalue weighted by Crippen LogP contribution is 2.52. The first kappa shape index (κ1) is 15.4. The van der Waals surface area contributed by atoms with Crippen LogP contribution in [0.5, 0.6) is 5.88 Å². The van der Waals surface area contributed by atoms with E-state index in [-0.39, 0.29) is 18.3 Å². The normalized spacial score (nSPS) is 20.9. The summed E-state index contributed by atoms with van der Waals surface area (Å²) in [5.41, 5.74) is 4.78. The quantitative estimate of drug-likeness (QED) is 0.318. The van der Waals surface area contributed by atoms with Crippen LogP contribution in [0.3, 0.4) is 0 Å². The largest absolute Gasteiger partial charge is 0.494 e. The van der Waals surface area contributed by atoms with Gasteiger partial charge in [0.05, 0.1) is 27.5 Å². The number of fused-ring (bicyclic) bond motifs is 13. The maximum absolute atomic E-state index is 10.9. The summed E-state index contributed by atoms with van der Waals surface area (Å²) in [5.74, 6) is 0.236. The van der Waals surface area contributed by atoms with Gasteiger partial charge in [0.25, 0.3) is 0 Å². The number of rotatable bonds is 0. The van der Waals surface area contributed by atoms with Crippen LogP contribution in [0.1, 0.15) is 31.7 Å². The molecule has 5 nitrogen and oxygen atoms in total. The number of aromatic hydroxyl groups is 1. The third kappa shape index (κ3) is 1.56. The van der Waals surface area contributed by atoms with Crippen LogP contribution in [0.2, 0.25) is 0 Å². The molecule has 2 N–H and O–H groups in total. The van der Waals surface area contributed by atoms with E-state index >= 15 is 0 Å². The van der Waals surface area contributed by atoms with Gasteiger partial charge in [0, 0.05) is 33.1 Å². The number of H-pyrrole nitrogens is 1. The van der Waals surface area contributed by atoms with E-state index in [2.05, 4.69) is 62.6 Å². The summed E-state index contributed by atoms with van der Waals surface area (Å²) in [6.45, 7) is 0. The molecule has 2 atom stereocenters. The molecule has 30 heavy (non-hydrogen) atoms. The summed E-state index contributed by atoms with van der Waals surface area (Å²) in [6.07, 6.45) is 5.15. The van der Waals surface area contributed by atoms with Gasteiger partial charge in [0.15, 0.2) is 5.88 Å². The number of ether oxygens (including phenoxy) is 1. The Labute approximate surface area is 171 Å². The predicted octanol–water partition coefficient (Wildman–Crippen LogP) is 6.30.